The van der Waals surface area contributed by atoms with Gasteiger partial charge in [-0.2, -0.15) is 0 Å². The first-order chi connectivity index (χ1) is 8.25. The van der Waals surface area contributed by atoms with Crippen LogP contribution in [0.5, 0.6) is 0 Å². The molecule has 94 valence electrons. The van der Waals surface area contributed by atoms with Crippen molar-refractivity contribution in [3.63, 3.8) is 0 Å². The van der Waals surface area contributed by atoms with Crippen molar-refractivity contribution in [2.75, 3.05) is 19.6 Å². The summed E-state index contributed by atoms with van der Waals surface area (Å²) in [5.74, 6) is 0.195. The Morgan fingerprint density at radius 3 is 2.94 bits per heavy atom. The maximum Gasteiger partial charge on any atom is 0.219 e. The molecule has 1 aliphatic heterocycles. The number of hydrogen-bond acceptors (Lipinski definition) is 3. The van der Waals surface area contributed by atoms with Crippen LogP contribution in [0.4, 0.5) is 0 Å². The van der Waals surface area contributed by atoms with E-state index in [1.54, 1.807) is 13.3 Å². The first-order valence-corrected chi connectivity index (χ1v) is 6.22. The fraction of sp³-hybridized carbons (Fsp3) is 0.667. The van der Waals surface area contributed by atoms with E-state index in [1.807, 2.05) is 11.1 Å². The van der Waals surface area contributed by atoms with Crippen molar-refractivity contribution in [2.24, 2.45) is 0 Å². The van der Waals surface area contributed by atoms with Gasteiger partial charge in [-0.15, -0.1) is 0 Å². The van der Waals surface area contributed by atoms with Crippen LogP contribution in [0.2, 0.25) is 0 Å². The van der Waals surface area contributed by atoms with Gasteiger partial charge in [0.15, 0.2) is 0 Å². The van der Waals surface area contributed by atoms with Crippen LogP contribution in [0.15, 0.2) is 12.5 Å². The van der Waals surface area contributed by atoms with Crippen molar-refractivity contribution in [3.05, 3.63) is 18.2 Å². The molecule has 2 N–H and O–H groups in total. The van der Waals surface area contributed by atoms with Crippen molar-refractivity contribution in [2.45, 2.75) is 32.2 Å². The van der Waals surface area contributed by atoms with Crippen LogP contribution in [-0.2, 0) is 11.2 Å². The highest BCUT2D eigenvalue weighted by Gasteiger charge is 2.19. The Kier molecular flexibility index (Phi) is 4.14. The lowest BCUT2D eigenvalue weighted by atomic mass is 10.0. The van der Waals surface area contributed by atoms with Gasteiger partial charge in [0.05, 0.1) is 6.33 Å². The highest BCUT2D eigenvalue weighted by molar-refractivity contribution is 5.73. The Hall–Kier alpha value is -1.36. The lowest BCUT2D eigenvalue weighted by Gasteiger charge is -2.31. The van der Waals surface area contributed by atoms with E-state index in [9.17, 15) is 4.79 Å². The van der Waals surface area contributed by atoms with Crippen LogP contribution in [0.1, 0.15) is 25.5 Å². The minimum Gasteiger partial charge on any atom is -0.348 e. The Labute approximate surface area is 102 Å². The van der Waals surface area contributed by atoms with E-state index >= 15 is 0 Å². The molecule has 0 radical (unpaired) electrons. The molecule has 0 aliphatic carbocycles. The standard InChI is InChI=1S/C12H20N4O/c1-10(17)16-6-3-11(4-7-16)14-5-2-12-8-13-9-15-12/h8-9,11,14H,2-7H2,1H3,(H,13,15). The number of carbonyl (C=O) groups excluding carboxylic acids is 1. The second-order valence-electron chi connectivity index (χ2n) is 4.56. The summed E-state index contributed by atoms with van der Waals surface area (Å²) in [6, 6.07) is 0.550. The highest BCUT2D eigenvalue weighted by Crippen LogP contribution is 2.10. The molecule has 0 saturated carbocycles. The zero-order valence-corrected chi connectivity index (χ0v) is 10.3. The number of piperidine rings is 1. The molecule has 0 unspecified atom stereocenters. The fourth-order valence-electron chi connectivity index (χ4n) is 2.23. The Morgan fingerprint density at radius 1 is 1.59 bits per heavy atom. The van der Waals surface area contributed by atoms with Crippen LogP contribution in [0.3, 0.4) is 0 Å². The molecule has 2 heterocycles. The molecule has 5 heteroatoms. The van der Waals surface area contributed by atoms with Gasteiger partial charge in [0.2, 0.25) is 5.91 Å². The minimum atomic E-state index is 0.195. The zero-order valence-electron chi connectivity index (χ0n) is 10.3. The van der Waals surface area contributed by atoms with Crippen LogP contribution < -0.4 is 5.32 Å². The van der Waals surface area contributed by atoms with Gasteiger partial charge in [-0.25, -0.2) is 4.98 Å². The molecule has 0 atom stereocenters. The molecular formula is C12H20N4O. The number of hydrogen-bond donors (Lipinski definition) is 2. The van der Waals surface area contributed by atoms with Gasteiger partial charge in [0, 0.05) is 50.9 Å². The number of amides is 1. The van der Waals surface area contributed by atoms with Gasteiger partial charge >= 0.3 is 0 Å². The Bertz CT molecular complexity index is 341. The summed E-state index contributed by atoms with van der Waals surface area (Å²) >= 11 is 0. The molecular weight excluding hydrogens is 216 g/mol. The third-order valence-electron chi connectivity index (χ3n) is 3.32. The number of nitrogens with zero attached hydrogens (tertiary/aromatic N) is 2. The third-order valence-corrected chi connectivity index (χ3v) is 3.32. The molecule has 1 aliphatic rings. The topological polar surface area (TPSA) is 61.0 Å². The molecule has 1 fully saturated rings. The van der Waals surface area contributed by atoms with Gasteiger partial charge in [0.25, 0.3) is 0 Å². The first-order valence-electron chi connectivity index (χ1n) is 6.22. The van der Waals surface area contributed by atoms with Crippen LogP contribution in [0, 0.1) is 0 Å². The summed E-state index contributed by atoms with van der Waals surface area (Å²) in [5, 5.41) is 3.53. The maximum atomic E-state index is 11.2. The summed E-state index contributed by atoms with van der Waals surface area (Å²) in [4.78, 5) is 20.2. The number of rotatable bonds is 4. The summed E-state index contributed by atoms with van der Waals surface area (Å²) in [7, 11) is 0. The number of imidazole rings is 1. The van der Waals surface area contributed by atoms with Gasteiger partial charge in [0.1, 0.15) is 0 Å². The largest absolute Gasteiger partial charge is 0.348 e. The first kappa shape index (κ1) is 12.1. The second kappa shape index (κ2) is 5.82. The molecule has 1 aromatic heterocycles. The summed E-state index contributed by atoms with van der Waals surface area (Å²) in [6.07, 6.45) is 6.67. The molecule has 1 saturated heterocycles. The number of likely N-dealkylation sites (tertiary alicyclic amines) is 1. The molecule has 0 aromatic carbocycles. The monoisotopic (exact) mass is 236 g/mol. The SMILES string of the molecule is CC(=O)N1CCC(NCCc2cnc[nH]2)CC1. The highest BCUT2D eigenvalue weighted by atomic mass is 16.2. The molecule has 5 nitrogen and oxygen atoms in total. The van der Waals surface area contributed by atoms with E-state index in [1.165, 1.54) is 5.69 Å². The van der Waals surface area contributed by atoms with E-state index in [4.69, 9.17) is 0 Å². The van der Waals surface area contributed by atoms with Gasteiger partial charge in [-0.1, -0.05) is 0 Å². The predicted molar refractivity (Wildman–Crippen MR) is 65.6 cm³/mol. The van der Waals surface area contributed by atoms with Crippen LogP contribution >= 0.6 is 0 Å². The smallest absolute Gasteiger partial charge is 0.219 e. The summed E-state index contributed by atoms with van der Waals surface area (Å²) in [5.41, 5.74) is 1.17. The molecule has 1 amide bonds. The molecule has 0 spiro atoms. The van der Waals surface area contributed by atoms with Crippen molar-refractivity contribution < 1.29 is 4.79 Å². The van der Waals surface area contributed by atoms with Gasteiger partial charge in [-0.05, 0) is 12.8 Å². The van der Waals surface area contributed by atoms with Crippen LogP contribution in [-0.4, -0.2) is 46.5 Å². The normalized spacial score (nSPS) is 17.4. The number of H-pyrrole nitrogens is 1. The summed E-state index contributed by atoms with van der Waals surface area (Å²) in [6.45, 7) is 4.38. The quantitative estimate of drug-likeness (QED) is 0.802. The van der Waals surface area contributed by atoms with Gasteiger partial charge in [-0.3, -0.25) is 4.79 Å². The average molecular weight is 236 g/mol. The van der Waals surface area contributed by atoms with Crippen molar-refractivity contribution in [3.8, 4) is 0 Å². The molecule has 1 aromatic rings. The Balaban J connectivity index is 1.63. The van der Waals surface area contributed by atoms with Crippen molar-refractivity contribution in [1.29, 1.82) is 0 Å². The Morgan fingerprint density at radius 2 is 2.35 bits per heavy atom. The average Bonchev–Trinajstić information content (AvgIpc) is 2.83. The van der Waals surface area contributed by atoms with Crippen molar-refractivity contribution >= 4 is 5.91 Å². The van der Waals surface area contributed by atoms with Gasteiger partial charge < -0.3 is 15.2 Å². The number of aromatic nitrogens is 2. The number of aromatic amines is 1. The van der Waals surface area contributed by atoms with E-state index in [2.05, 4.69) is 15.3 Å². The van der Waals surface area contributed by atoms with E-state index < -0.39 is 0 Å². The summed E-state index contributed by atoms with van der Waals surface area (Å²) < 4.78 is 0. The lowest BCUT2D eigenvalue weighted by Crippen LogP contribution is -2.44. The minimum absolute atomic E-state index is 0.195. The lowest BCUT2D eigenvalue weighted by molar-refractivity contribution is -0.129. The molecule has 2 rings (SSSR count). The van der Waals surface area contributed by atoms with Crippen molar-refractivity contribution in [1.82, 2.24) is 20.2 Å². The second-order valence-corrected chi connectivity index (χ2v) is 4.56. The number of carbonyl (C=O) groups is 1. The third kappa shape index (κ3) is 3.56. The van der Waals surface area contributed by atoms with Crippen LogP contribution in [0.25, 0.3) is 0 Å². The molecule has 17 heavy (non-hydrogen) atoms. The maximum absolute atomic E-state index is 11.2. The van der Waals surface area contributed by atoms with E-state index in [-0.39, 0.29) is 5.91 Å². The molecule has 0 bridgehead atoms. The number of nitrogens with one attached hydrogen (secondary N) is 2. The predicted octanol–water partition coefficient (Wildman–Crippen LogP) is 0.553. The zero-order chi connectivity index (χ0) is 12.1. The fourth-order valence-corrected chi connectivity index (χ4v) is 2.23. The van der Waals surface area contributed by atoms with E-state index in [0.717, 1.165) is 38.9 Å². The van der Waals surface area contributed by atoms with E-state index in [0.29, 0.717) is 6.04 Å².